The molecule has 0 bridgehead atoms. The monoisotopic (exact) mass is 299 g/mol. The fraction of sp³-hybridized carbons (Fsp3) is 0.714. The predicted molar refractivity (Wildman–Crippen MR) is 95.4 cm³/mol. The lowest BCUT2D eigenvalue weighted by Gasteiger charge is -2.44. The van der Waals surface area contributed by atoms with Gasteiger partial charge in [0.2, 0.25) is 0 Å². The van der Waals surface area contributed by atoms with Crippen LogP contribution >= 0.6 is 0 Å². The topological polar surface area (TPSA) is 3.24 Å². The van der Waals surface area contributed by atoms with Crippen molar-refractivity contribution in [2.45, 2.75) is 65.2 Å². The van der Waals surface area contributed by atoms with Crippen LogP contribution in [-0.4, -0.2) is 24.5 Å². The number of nitrogens with zero attached hydrogens (tertiary/aromatic N) is 1. The van der Waals surface area contributed by atoms with Gasteiger partial charge in [-0.05, 0) is 73.6 Å². The van der Waals surface area contributed by atoms with Crippen molar-refractivity contribution < 1.29 is 0 Å². The SMILES string of the molecule is CC(C)Cc1ccc(C2CCN(CC3(C)CCC3)CC2)cc1. The molecule has 122 valence electrons. The molecular formula is C21H33N. The second-order valence-electron chi connectivity index (χ2n) is 8.55. The summed E-state index contributed by atoms with van der Waals surface area (Å²) in [6.07, 6.45) is 8.25. The Morgan fingerprint density at radius 2 is 1.73 bits per heavy atom. The number of hydrogen-bond donors (Lipinski definition) is 0. The van der Waals surface area contributed by atoms with Crippen LogP contribution in [-0.2, 0) is 6.42 Å². The minimum Gasteiger partial charge on any atom is -0.303 e. The normalized spacial score (nSPS) is 22.7. The van der Waals surface area contributed by atoms with E-state index in [-0.39, 0.29) is 0 Å². The Labute approximate surface area is 137 Å². The number of benzene rings is 1. The Kier molecular flexibility index (Phi) is 4.92. The molecule has 0 N–H and O–H groups in total. The highest BCUT2D eigenvalue weighted by Gasteiger charge is 2.34. The van der Waals surface area contributed by atoms with Gasteiger partial charge in [-0.1, -0.05) is 51.5 Å². The third kappa shape index (κ3) is 3.93. The number of likely N-dealkylation sites (tertiary alicyclic amines) is 1. The van der Waals surface area contributed by atoms with Gasteiger partial charge in [0, 0.05) is 6.54 Å². The zero-order valence-electron chi connectivity index (χ0n) is 14.8. The minimum absolute atomic E-state index is 0.644. The molecule has 2 aliphatic rings. The molecule has 1 aliphatic heterocycles. The molecule has 3 rings (SSSR count). The van der Waals surface area contributed by atoms with Crippen molar-refractivity contribution in [1.29, 1.82) is 0 Å². The molecule has 0 unspecified atom stereocenters. The number of piperidine rings is 1. The minimum atomic E-state index is 0.644. The largest absolute Gasteiger partial charge is 0.303 e. The average molecular weight is 300 g/mol. The summed E-state index contributed by atoms with van der Waals surface area (Å²) >= 11 is 0. The van der Waals surface area contributed by atoms with E-state index in [9.17, 15) is 0 Å². The third-order valence-electron chi connectivity index (χ3n) is 5.85. The van der Waals surface area contributed by atoms with E-state index in [1.807, 2.05) is 0 Å². The van der Waals surface area contributed by atoms with Crippen molar-refractivity contribution >= 4 is 0 Å². The van der Waals surface area contributed by atoms with Crippen LogP contribution in [0.3, 0.4) is 0 Å². The van der Waals surface area contributed by atoms with Crippen molar-refractivity contribution in [2.75, 3.05) is 19.6 Å². The van der Waals surface area contributed by atoms with Crippen LogP contribution in [0.25, 0.3) is 0 Å². The molecule has 1 saturated carbocycles. The highest BCUT2D eigenvalue weighted by Crippen LogP contribution is 2.41. The van der Waals surface area contributed by atoms with Crippen molar-refractivity contribution in [1.82, 2.24) is 4.90 Å². The molecule has 1 aromatic carbocycles. The van der Waals surface area contributed by atoms with E-state index in [2.05, 4.69) is 49.9 Å². The molecule has 0 amide bonds. The Morgan fingerprint density at radius 3 is 2.23 bits per heavy atom. The van der Waals surface area contributed by atoms with Crippen molar-refractivity contribution in [3.8, 4) is 0 Å². The van der Waals surface area contributed by atoms with Crippen molar-refractivity contribution in [3.05, 3.63) is 35.4 Å². The number of rotatable bonds is 5. The van der Waals surface area contributed by atoms with Crippen LogP contribution in [0.4, 0.5) is 0 Å². The van der Waals surface area contributed by atoms with Crippen LogP contribution in [0, 0.1) is 11.3 Å². The molecule has 0 aromatic heterocycles. The zero-order chi connectivity index (χ0) is 15.6. The molecule has 2 fully saturated rings. The van der Waals surface area contributed by atoms with Crippen molar-refractivity contribution in [3.63, 3.8) is 0 Å². The fourth-order valence-electron chi connectivity index (χ4n) is 4.30. The van der Waals surface area contributed by atoms with Crippen molar-refractivity contribution in [2.24, 2.45) is 11.3 Å². The first-order chi connectivity index (χ1) is 10.5. The van der Waals surface area contributed by atoms with Gasteiger partial charge in [0.15, 0.2) is 0 Å². The fourth-order valence-corrected chi connectivity index (χ4v) is 4.30. The van der Waals surface area contributed by atoms with E-state index in [1.165, 1.54) is 63.7 Å². The zero-order valence-corrected chi connectivity index (χ0v) is 14.8. The molecule has 0 atom stereocenters. The molecule has 1 saturated heterocycles. The Balaban J connectivity index is 1.50. The maximum Gasteiger partial charge on any atom is 0.00353 e. The van der Waals surface area contributed by atoms with Gasteiger partial charge in [0.1, 0.15) is 0 Å². The van der Waals surface area contributed by atoms with E-state index in [0.717, 1.165) is 11.8 Å². The summed E-state index contributed by atoms with van der Waals surface area (Å²) in [4.78, 5) is 2.72. The molecule has 1 heteroatoms. The molecule has 1 aliphatic carbocycles. The Hall–Kier alpha value is -0.820. The molecule has 1 nitrogen and oxygen atoms in total. The van der Waals surface area contributed by atoms with Crippen LogP contribution < -0.4 is 0 Å². The highest BCUT2D eigenvalue weighted by atomic mass is 15.1. The molecule has 1 heterocycles. The molecule has 0 spiro atoms. The standard InChI is InChI=1S/C21H33N/c1-17(2)15-18-5-7-19(8-6-18)20-9-13-22(14-10-20)16-21(3)11-4-12-21/h5-8,17,20H,4,9-16H2,1-3H3. The molecule has 1 aromatic rings. The van der Waals surface area contributed by atoms with Gasteiger partial charge in [-0.25, -0.2) is 0 Å². The second-order valence-corrected chi connectivity index (χ2v) is 8.55. The first kappa shape index (κ1) is 16.1. The van der Waals surface area contributed by atoms with E-state index in [1.54, 1.807) is 5.56 Å². The summed E-state index contributed by atoms with van der Waals surface area (Å²) < 4.78 is 0. The maximum atomic E-state index is 2.72. The summed E-state index contributed by atoms with van der Waals surface area (Å²) in [7, 11) is 0. The summed E-state index contributed by atoms with van der Waals surface area (Å²) in [6, 6.07) is 9.50. The van der Waals surface area contributed by atoms with Crippen LogP contribution in [0.5, 0.6) is 0 Å². The smallest absolute Gasteiger partial charge is 0.00353 e. The average Bonchev–Trinajstić information content (AvgIpc) is 2.47. The van der Waals surface area contributed by atoms with Crippen LogP contribution in [0.2, 0.25) is 0 Å². The Bertz CT molecular complexity index is 461. The summed E-state index contributed by atoms with van der Waals surface area (Å²) in [5.74, 6) is 1.54. The van der Waals surface area contributed by atoms with Crippen LogP contribution in [0.15, 0.2) is 24.3 Å². The van der Waals surface area contributed by atoms with E-state index in [4.69, 9.17) is 0 Å². The molecule has 0 radical (unpaired) electrons. The lowest BCUT2D eigenvalue weighted by Crippen LogP contribution is -2.43. The van der Waals surface area contributed by atoms with Gasteiger partial charge in [0.05, 0.1) is 0 Å². The highest BCUT2D eigenvalue weighted by molar-refractivity contribution is 5.26. The molecule has 22 heavy (non-hydrogen) atoms. The van der Waals surface area contributed by atoms with Gasteiger partial charge in [-0.2, -0.15) is 0 Å². The van der Waals surface area contributed by atoms with Gasteiger partial charge < -0.3 is 4.90 Å². The summed E-state index contributed by atoms with van der Waals surface area (Å²) in [5.41, 5.74) is 3.71. The number of hydrogen-bond acceptors (Lipinski definition) is 1. The van der Waals surface area contributed by atoms with Gasteiger partial charge in [0.25, 0.3) is 0 Å². The van der Waals surface area contributed by atoms with E-state index in [0.29, 0.717) is 5.41 Å². The quantitative estimate of drug-likeness (QED) is 0.717. The first-order valence-electron chi connectivity index (χ1n) is 9.35. The second kappa shape index (κ2) is 6.74. The van der Waals surface area contributed by atoms with Gasteiger partial charge >= 0.3 is 0 Å². The Morgan fingerprint density at radius 1 is 1.09 bits per heavy atom. The molecular weight excluding hydrogens is 266 g/mol. The first-order valence-corrected chi connectivity index (χ1v) is 9.35. The van der Waals surface area contributed by atoms with Gasteiger partial charge in [-0.3, -0.25) is 0 Å². The predicted octanol–water partition coefficient (Wildman–Crippen LogP) is 5.25. The van der Waals surface area contributed by atoms with Gasteiger partial charge in [-0.15, -0.1) is 0 Å². The van der Waals surface area contributed by atoms with E-state index >= 15 is 0 Å². The van der Waals surface area contributed by atoms with E-state index < -0.39 is 0 Å². The summed E-state index contributed by atoms with van der Waals surface area (Å²) in [5, 5.41) is 0. The van der Waals surface area contributed by atoms with Crippen LogP contribution in [0.1, 0.15) is 69.9 Å². The lowest BCUT2D eigenvalue weighted by atomic mass is 9.70. The maximum absolute atomic E-state index is 2.72. The third-order valence-corrected chi connectivity index (χ3v) is 5.85. The summed E-state index contributed by atoms with van der Waals surface area (Å²) in [6.45, 7) is 11.0. The lowest BCUT2D eigenvalue weighted by molar-refractivity contribution is 0.0707.